The predicted molar refractivity (Wildman–Crippen MR) is 77.7 cm³/mol. The van der Waals surface area contributed by atoms with Crippen molar-refractivity contribution in [2.24, 2.45) is 0 Å². The summed E-state index contributed by atoms with van der Waals surface area (Å²) in [6, 6.07) is 6.04. The van der Waals surface area contributed by atoms with Gasteiger partial charge in [0.15, 0.2) is 0 Å². The Bertz CT molecular complexity index is 433. The van der Waals surface area contributed by atoms with E-state index in [4.69, 9.17) is 5.11 Å². The maximum atomic E-state index is 11.9. The van der Waals surface area contributed by atoms with Crippen LogP contribution in [0.15, 0.2) is 24.3 Å². The van der Waals surface area contributed by atoms with E-state index >= 15 is 0 Å². The summed E-state index contributed by atoms with van der Waals surface area (Å²) >= 11 is 2.17. The maximum absolute atomic E-state index is 11.9. The van der Waals surface area contributed by atoms with Crippen molar-refractivity contribution in [3.8, 4) is 0 Å². The Kier molecular flexibility index (Phi) is 5.39. The van der Waals surface area contributed by atoms with Gasteiger partial charge in [0.25, 0.3) is 0 Å². The Morgan fingerprint density at radius 2 is 1.94 bits per heavy atom. The van der Waals surface area contributed by atoms with Gasteiger partial charge < -0.3 is 15.3 Å². The first-order chi connectivity index (χ1) is 8.45. The molecule has 1 aromatic carbocycles. The molecule has 0 saturated heterocycles. The minimum atomic E-state index is -1.00. The van der Waals surface area contributed by atoms with Gasteiger partial charge in [-0.05, 0) is 53.3 Å². The van der Waals surface area contributed by atoms with Crippen molar-refractivity contribution >= 4 is 40.3 Å². The quantitative estimate of drug-likeness (QED) is 0.809. The standard InChI is InChI=1S/C12H15IN2O3/c1-3-10(11(16)17)15(2)12(18)14-9-6-4-8(13)5-7-9/h4-7,10H,3H2,1-2H3,(H,14,18)(H,16,17). The highest BCUT2D eigenvalue weighted by atomic mass is 127. The van der Waals surface area contributed by atoms with Crippen LogP contribution in [0.3, 0.4) is 0 Å². The third-order valence-corrected chi connectivity index (χ3v) is 3.27. The summed E-state index contributed by atoms with van der Waals surface area (Å²) in [5.41, 5.74) is 0.646. The van der Waals surface area contributed by atoms with Crippen LogP contribution in [0, 0.1) is 3.57 Å². The average Bonchev–Trinajstić information content (AvgIpc) is 2.32. The third-order valence-electron chi connectivity index (χ3n) is 2.56. The normalized spacial score (nSPS) is 11.7. The highest BCUT2D eigenvalue weighted by Gasteiger charge is 2.24. The predicted octanol–water partition coefficient (Wildman–Crippen LogP) is 2.62. The molecular formula is C12H15IN2O3. The van der Waals surface area contributed by atoms with Crippen molar-refractivity contribution in [2.45, 2.75) is 19.4 Å². The zero-order valence-electron chi connectivity index (χ0n) is 10.2. The number of nitrogens with one attached hydrogen (secondary N) is 1. The number of rotatable bonds is 4. The number of hydrogen-bond donors (Lipinski definition) is 2. The van der Waals surface area contributed by atoms with Gasteiger partial charge in [-0.15, -0.1) is 0 Å². The van der Waals surface area contributed by atoms with Crippen molar-refractivity contribution < 1.29 is 14.7 Å². The van der Waals surface area contributed by atoms with Crippen LogP contribution in [0.25, 0.3) is 0 Å². The lowest BCUT2D eigenvalue weighted by Crippen LogP contribution is -2.44. The molecule has 2 N–H and O–H groups in total. The number of aliphatic carboxylic acids is 1. The van der Waals surface area contributed by atoms with E-state index in [1.165, 1.54) is 11.9 Å². The van der Waals surface area contributed by atoms with Gasteiger partial charge in [-0.3, -0.25) is 0 Å². The summed E-state index contributed by atoms with van der Waals surface area (Å²) in [7, 11) is 1.48. The van der Waals surface area contributed by atoms with Crippen LogP contribution < -0.4 is 5.32 Å². The van der Waals surface area contributed by atoms with Crippen molar-refractivity contribution in [2.75, 3.05) is 12.4 Å². The molecule has 0 heterocycles. The van der Waals surface area contributed by atoms with Crippen LogP contribution in [0.5, 0.6) is 0 Å². The van der Waals surface area contributed by atoms with E-state index < -0.39 is 18.0 Å². The van der Waals surface area contributed by atoms with E-state index in [9.17, 15) is 9.59 Å². The number of benzene rings is 1. The molecule has 1 rings (SSSR count). The van der Waals surface area contributed by atoms with E-state index in [-0.39, 0.29) is 0 Å². The molecule has 6 heteroatoms. The highest BCUT2D eigenvalue weighted by Crippen LogP contribution is 2.12. The molecule has 5 nitrogen and oxygen atoms in total. The fourth-order valence-electron chi connectivity index (χ4n) is 1.50. The number of carbonyl (C=O) groups excluding carboxylic acids is 1. The molecule has 0 radical (unpaired) electrons. The van der Waals surface area contributed by atoms with Gasteiger partial charge in [-0.25, -0.2) is 9.59 Å². The number of carbonyl (C=O) groups is 2. The fourth-order valence-corrected chi connectivity index (χ4v) is 1.86. The molecule has 1 aromatic rings. The first kappa shape index (κ1) is 14.7. The molecule has 0 aliphatic carbocycles. The number of anilines is 1. The topological polar surface area (TPSA) is 69.6 Å². The SMILES string of the molecule is CCC(C(=O)O)N(C)C(=O)Nc1ccc(I)cc1. The summed E-state index contributed by atoms with van der Waals surface area (Å²) in [5, 5.41) is 11.6. The Balaban J connectivity index is 2.70. The molecule has 2 amide bonds. The Labute approximate surface area is 119 Å². The molecule has 0 fully saturated rings. The van der Waals surface area contributed by atoms with Crippen molar-refractivity contribution in [1.82, 2.24) is 4.90 Å². The molecule has 98 valence electrons. The van der Waals surface area contributed by atoms with Gasteiger partial charge in [0.2, 0.25) is 0 Å². The van der Waals surface area contributed by atoms with Gasteiger partial charge in [-0.2, -0.15) is 0 Å². The van der Waals surface area contributed by atoms with Crippen LogP contribution in [-0.2, 0) is 4.79 Å². The zero-order chi connectivity index (χ0) is 13.7. The third kappa shape index (κ3) is 3.86. The number of urea groups is 1. The number of likely N-dealkylation sites (N-methyl/N-ethyl adjacent to an activating group) is 1. The molecule has 0 bridgehead atoms. The van der Waals surface area contributed by atoms with Crippen LogP contribution in [0.4, 0.5) is 10.5 Å². The molecule has 1 unspecified atom stereocenters. The van der Waals surface area contributed by atoms with Crippen molar-refractivity contribution in [3.05, 3.63) is 27.8 Å². The van der Waals surface area contributed by atoms with E-state index in [1.807, 2.05) is 12.1 Å². The average molecular weight is 362 g/mol. The molecule has 0 aromatic heterocycles. The first-order valence-electron chi connectivity index (χ1n) is 5.48. The van der Waals surface area contributed by atoms with Crippen LogP contribution >= 0.6 is 22.6 Å². The largest absolute Gasteiger partial charge is 0.480 e. The number of carboxylic acids is 1. The number of nitrogens with zero attached hydrogens (tertiary/aromatic N) is 1. The molecule has 0 spiro atoms. The second kappa shape index (κ2) is 6.58. The molecule has 0 aliphatic heterocycles. The number of halogens is 1. The van der Waals surface area contributed by atoms with Gasteiger partial charge in [0.05, 0.1) is 0 Å². The van der Waals surface area contributed by atoms with E-state index in [0.717, 1.165) is 3.57 Å². The van der Waals surface area contributed by atoms with Crippen LogP contribution in [0.1, 0.15) is 13.3 Å². The lowest BCUT2D eigenvalue weighted by atomic mass is 10.2. The van der Waals surface area contributed by atoms with E-state index in [2.05, 4.69) is 27.9 Å². The minimum Gasteiger partial charge on any atom is -0.480 e. The minimum absolute atomic E-state index is 0.367. The van der Waals surface area contributed by atoms with Crippen LogP contribution in [0.2, 0.25) is 0 Å². The number of carboxylic acid groups (broad SMARTS) is 1. The smallest absolute Gasteiger partial charge is 0.326 e. The fraction of sp³-hybridized carbons (Fsp3) is 0.333. The van der Waals surface area contributed by atoms with Crippen molar-refractivity contribution in [1.29, 1.82) is 0 Å². The molecular weight excluding hydrogens is 347 g/mol. The molecule has 0 saturated carbocycles. The highest BCUT2D eigenvalue weighted by molar-refractivity contribution is 14.1. The summed E-state index contributed by atoms with van der Waals surface area (Å²) in [4.78, 5) is 24.0. The van der Waals surface area contributed by atoms with Gasteiger partial charge in [0, 0.05) is 16.3 Å². The zero-order valence-corrected chi connectivity index (χ0v) is 12.3. The van der Waals surface area contributed by atoms with E-state index in [0.29, 0.717) is 12.1 Å². The van der Waals surface area contributed by atoms with Crippen molar-refractivity contribution in [3.63, 3.8) is 0 Å². The molecule has 1 atom stereocenters. The maximum Gasteiger partial charge on any atom is 0.326 e. The summed E-state index contributed by atoms with van der Waals surface area (Å²) in [6.45, 7) is 1.73. The van der Waals surface area contributed by atoms with E-state index in [1.54, 1.807) is 19.1 Å². The lowest BCUT2D eigenvalue weighted by Gasteiger charge is -2.24. The lowest BCUT2D eigenvalue weighted by molar-refractivity contribution is -0.141. The summed E-state index contributed by atoms with van der Waals surface area (Å²) in [5.74, 6) is -1.00. The molecule has 0 aliphatic rings. The summed E-state index contributed by atoms with van der Waals surface area (Å²) in [6.07, 6.45) is 0.367. The van der Waals surface area contributed by atoms with Gasteiger partial charge >= 0.3 is 12.0 Å². The monoisotopic (exact) mass is 362 g/mol. The first-order valence-corrected chi connectivity index (χ1v) is 6.55. The molecule has 18 heavy (non-hydrogen) atoms. The Hall–Kier alpha value is -1.31. The van der Waals surface area contributed by atoms with Gasteiger partial charge in [0.1, 0.15) is 6.04 Å². The summed E-state index contributed by atoms with van der Waals surface area (Å²) < 4.78 is 1.07. The Morgan fingerprint density at radius 1 is 1.39 bits per heavy atom. The second-order valence-electron chi connectivity index (χ2n) is 3.81. The Morgan fingerprint density at radius 3 is 2.39 bits per heavy atom. The number of amides is 2. The second-order valence-corrected chi connectivity index (χ2v) is 5.06. The van der Waals surface area contributed by atoms with Crippen LogP contribution in [-0.4, -0.2) is 35.1 Å². The van der Waals surface area contributed by atoms with Gasteiger partial charge in [-0.1, -0.05) is 6.92 Å². The number of hydrogen-bond acceptors (Lipinski definition) is 2.